The second-order valence-electron chi connectivity index (χ2n) is 4.45. The van der Waals surface area contributed by atoms with E-state index in [1.807, 2.05) is 43.1 Å². The van der Waals surface area contributed by atoms with E-state index in [1.165, 1.54) is 0 Å². The van der Waals surface area contributed by atoms with Crippen LogP contribution in [0.3, 0.4) is 0 Å². The first kappa shape index (κ1) is 15.1. The number of benzene rings is 1. The molecular formula is C13H20BrN3O. The molecule has 0 spiro atoms. The molecule has 1 aromatic rings. The summed E-state index contributed by atoms with van der Waals surface area (Å²) in [6, 6.07) is 7.96. The summed E-state index contributed by atoms with van der Waals surface area (Å²) >= 11 is 3.45. The zero-order valence-corrected chi connectivity index (χ0v) is 12.6. The normalized spacial score (nSPS) is 14.3. The molecule has 5 heteroatoms. The van der Waals surface area contributed by atoms with E-state index in [9.17, 15) is 4.79 Å². The summed E-state index contributed by atoms with van der Waals surface area (Å²) in [6.45, 7) is 2.28. The van der Waals surface area contributed by atoms with Crippen LogP contribution in [0.5, 0.6) is 0 Å². The van der Waals surface area contributed by atoms with E-state index in [1.54, 1.807) is 7.05 Å². The maximum absolute atomic E-state index is 11.4. The molecule has 1 aromatic carbocycles. The lowest BCUT2D eigenvalue weighted by molar-refractivity contribution is -0.122. The van der Waals surface area contributed by atoms with E-state index in [-0.39, 0.29) is 18.0 Å². The van der Waals surface area contributed by atoms with Crippen LogP contribution in [0, 0.1) is 0 Å². The summed E-state index contributed by atoms with van der Waals surface area (Å²) in [4.78, 5) is 13.4. The average molecular weight is 314 g/mol. The second-order valence-corrected chi connectivity index (χ2v) is 5.36. The molecule has 0 fully saturated rings. The average Bonchev–Trinajstić information content (AvgIpc) is 2.28. The van der Waals surface area contributed by atoms with Gasteiger partial charge in [-0.05, 0) is 31.7 Å². The van der Waals surface area contributed by atoms with E-state index in [2.05, 4.69) is 21.2 Å². The molecule has 18 heavy (non-hydrogen) atoms. The summed E-state index contributed by atoms with van der Waals surface area (Å²) < 4.78 is 1.01. The molecule has 3 N–H and O–H groups in total. The zero-order valence-electron chi connectivity index (χ0n) is 11.0. The van der Waals surface area contributed by atoms with E-state index in [0.717, 1.165) is 10.0 Å². The van der Waals surface area contributed by atoms with Gasteiger partial charge >= 0.3 is 0 Å². The van der Waals surface area contributed by atoms with Crippen LogP contribution in [0.15, 0.2) is 28.7 Å². The number of nitrogens with one attached hydrogen (secondary N) is 1. The third kappa shape index (κ3) is 4.08. The Morgan fingerprint density at radius 1 is 1.56 bits per heavy atom. The molecule has 0 bridgehead atoms. The fraction of sp³-hybridized carbons (Fsp3) is 0.462. The van der Waals surface area contributed by atoms with Crippen molar-refractivity contribution < 1.29 is 4.79 Å². The van der Waals surface area contributed by atoms with Gasteiger partial charge in [-0.1, -0.05) is 28.1 Å². The third-order valence-electron chi connectivity index (χ3n) is 2.83. The van der Waals surface area contributed by atoms with Crippen LogP contribution in [0.2, 0.25) is 0 Å². The molecule has 0 aliphatic rings. The van der Waals surface area contributed by atoms with Crippen LogP contribution in [0.25, 0.3) is 0 Å². The molecule has 0 aliphatic heterocycles. The highest BCUT2D eigenvalue weighted by Gasteiger charge is 2.22. The first-order valence-corrected chi connectivity index (χ1v) is 6.67. The fourth-order valence-corrected chi connectivity index (χ4v) is 2.47. The number of carbonyl (C=O) groups is 1. The highest BCUT2D eigenvalue weighted by Crippen LogP contribution is 2.24. The summed E-state index contributed by atoms with van der Waals surface area (Å²) in [7, 11) is 3.54. The molecular weight excluding hydrogens is 294 g/mol. The standard InChI is InChI=1S/C13H20BrN3O/c1-9(15)13(17(3)8-12(18)16-2)10-5-4-6-11(14)7-10/h4-7,9,13H,8,15H2,1-3H3,(H,16,18). The van der Waals surface area contributed by atoms with Crippen molar-refractivity contribution in [2.75, 3.05) is 20.6 Å². The van der Waals surface area contributed by atoms with Gasteiger partial charge in [0.05, 0.1) is 6.54 Å². The second kappa shape index (κ2) is 6.87. The van der Waals surface area contributed by atoms with Crippen molar-refractivity contribution >= 4 is 21.8 Å². The topological polar surface area (TPSA) is 58.4 Å². The molecule has 0 aromatic heterocycles. The van der Waals surface area contributed by atoms with E-state index < -0.39 is 0 Å². The molecule has 2 atom stereocenters. The van der Waals surface area contributed by atoms with Gasteiger partial charge in [-0.3, -0.25) is 9.69 Å². The molecule has 0 saturated carbocycles. The predicted octanol–water partition coefficient (Wildman–Crippen LogP) is 1.52. The molecule has 0 heterocycles. The van der Waals surface area contributed by atoms with E-state index in [0.29, 0.717) is 6.54 Å². The number of amides is 1. The molecule has 2 unspecified atom stereocenters. The van der Waals surface area contributed by atoms with Gasteiger partial charge in [0.25, 0.3) is 0 Å². The van der Waals surface area contributed by atoms with Crippen LogP contribution in [0.1, 0.15) is 18.5 Å². The number of halogens is 1. The predicted molar refractivity (Wildman–Crippen MR) is 77.2 cm³/mol. The lowest BCUT2D eigenvalue weighted by atomic mass is 9.99. The van der Waals surface area contributed by atoms with Crippen molar-refractivity contribution in [3.63, 3.8) is 0 Å². The van der Waals surface area contributed by atoms with Gasteiger partial charge in [0.2, 0.25) is 5.91 Å². The van der Waals surface area contributed by atoms with Crippen LogP contribution < -0.4 is 11.1 Å². The maximum Gasteiger partial charge on any atom is 0.233 e. The zero-order chi connectivity index (χ0) is 13.7. The quantitative estimate of drug-likeness (QED) is 0.866. The third-order valence-corrected chi connectivity index (χ3v) is 3.33. The minimum absolute atomic E-state index is 0.0137. The van der Waals surface area contributed by atoms with Crippen LogP contribution >= 0.6 is 15.9 Å². The molecule has 0 saturated heterocycles. The Morgan fingerprint density at radius 2 is 2.22 bits per heavy atom. The SMILES string of the molecule is CNC(=O)CN(C)C(c1cccc(Br)c1)C(C)N. The fourth-order valence-electron chi connectivity index (χ4n) is 2.05. The molecule has 4 nitrogen and oxygen atoms in total. The Balaban J connectivity index is 2.92. The van der Waals surface area contributed by atoms with Crippen LogP contribution in [-0.2, 0) is 4.79 Å². The van der Waals surface area contributed by atoms with E-state index >= 15 is 0 Å². The summed E-state index contributed by atoms with van der Waals surface area (Å²) in [6.07, 6.45) is 0. The van der Waals surface area contributed by atoms with Gasteiger partial charge in [-0.25, -0.2) is 0 Å². The van der Waals surface area contributed by atoms with Crippen molar-refractivity contribution in [3.05, 3.63) is 34.3 Å². The largest absolute Gasteiger partial charge is 0.358 e. The van der Waals surface area contributed by atoms with E-state index in [4.69, 9.17) is 5.73 Å². The number of nitrogens with zero attached hydrogens (tertiary/aromatic N) is 1. The Labute approximate surface area is 117 Å². The van der Waals surface area contributed by atoms with Gasteiger partial charge in [0, 0.05) is 23.6 Å². The molecule has 0 radical (unpaired) electrons. The van der Waals surface area contributed by atoms with Gasteiger partial charge in [-0.2, -0.15) is 0 Å². The molecule has 0 aliphatic carbocycles. The number of hydrogen-bond acceptors (Lipinski definition) is 3. The number of rotatable bonds is 5. The van der Waals surface area contributed by atoms with Crippen molar-refractivity contribution in [1.82, 2.24) is 10.2 Å². The summed E-state index contributed by atoms with van der Waals surface area (Å²) in [5, 5.41) is 2.62. The maximum atomic E-state index is 11.4. The van der Waals surface area contributed by atoms with Crippen molar-refractivity contribution in [3.8, 4) is 0 Å². The minimum Gasteiger partial charge on any atom is -0.358 e. The first-order chi connectivity index (χ1) is 8.45. The van der Waals surface area contributed by atoms with Crippen molar-refractivity contribution in [1.29, 1.82) is 0 Å². The Kier molecular flexibility index (Phi) is 5.78. The van der Waals surface area contributed by atoms with Gasteiger partial charge in [0.15, 0.2) is 0 Å². The van der Waals surface area contributed by atoms with Crippen LogP contribution in [-0.4, -0.2) is 37.5 Å². The Morgan fingerprint density at radius 3 is 2.72 bits per heavy atom. The Hall–Kier alpha value is -0.910. The van der Waals surface area contributed by atoms with Gasteiger partial charge < -0.3 is 11.1 Å². The monoisotopic (exact) mass is 313 g/mol. The van der Waals surface area contributed by atoms with Gasteiger partial charge in [-0.15, -0.1) is 0 Å². The number of nitrogens with two attached hydrogens (primary N) is 1. The Bertz CT molecular complexity index is 409. The highest BCUT2D eigenvalue weighted by molar-refractivity contribution is 9.10. The summed E-state index contributed by atoms with van der Waals surface area (Å²) in [5.41, 5.74) is 7.15. The van der Waals surface area contributed by atoms with Crippen molar-refractivity contribution in [2.45, 2.75) is 19.0 Å². The van der Waals surface area contributed by atoms with Crippen molar-refractivity contribution in [2.24, 2.45) is 5.73 Å². The smallest absolute Gasteiger partial charge is 0.233 e. The summed E-state index contributed by atoms with van der Waals surface area (Å²) in [5.74, 6) is -0.0156. The number of likely N-dealkylation sites (N-methyl/N-ethyl adjacent to an activating group) is 2. The van der Waals surface area contributed by atoms with Crippen LogP contribution in [0.4, 0.5) is 0 Å². The number of carbonyl (C=O) groups excluding carboxylic acids is 1. The first-order valence-electron chi connectivity index (χ1n) is 5.87. The molecule has 1 rings (SSSR count). The molecule has 100 valence electrons. The minimum atomic E-state index is -0.0612. The highest BCUT2D eigenvalue weighted by atomic mass is 79.9. The molecule has 1 amide bonds. The lowest BCUT2D eigenvalue weighted by Crippen LogP contribution is -2.42. The number of hydrogen-bond donors (Lipinski definition) is 2. The van der Waals surface area contributed by atoms with Gasteiger partial charge in [0.1, 0.15) is 0 Å². The lowest BCUT2D eigenvalue weighted by Gasteiger charge is -2.31.